The van der Waals surface area contributed by atoms with Crippen molar-refractivity contribution in [3.8, 4) is 0 Å². The van der Waals surface area contributed by atoms with Crippen LogP contribution in [0.2, 0.25) is 0 Å². The number of anilines is 2. The zero-order valence-electron chi connectivity index (χ0n) is 10.6. The van der Waals surface area contributed by atoms with Gasteiger partial charge in [-0.2, -0.15) is 0 Å². The molecule has 100 valence electrons. The van der Waals surface area contributed by atoms with Gasteiger partial charge in [-0.1, -0.05) is 0 Å². The Morgan fingerprint density at radius 2 is 1.78 bits per heavy atom. The average molecular weight is 255 g/mol. The Hall–Kier alpha value is -1.36. The summed E-state index contributed by atoms with van der Waals surface area (Å²) >= 11 is 0. The molecule has 1 aromatic carbocycles. The Kier molecular flexibility index (Phi) is 4.01. The summed E-state index contributed by atoms with van der Waals surface area (Å²) in [6, 6.07) is 2.32. The van der Waals surface area contributed by atoms with Crippen LogP contribution in [0, 0.1) is 11.6 Å². The van der Waals surface area contributed by atoms with Crippen molar-refractivity contribution in [1.82, 2.24) is 4.90 Å². The first-order chi connectivity index (χ1) is 8.58. The van der Waals surface area contributed by atoms with Gasteiger partial charge in [0.25, 0.3) is 0 Å². The summed E-state index contributed by atoms with van der Waals surface area (Å²) < 4.78 is 27.4. The smallest absolute Gasteiger partial charge is 0.151 e. The average Bonchev–Trinajstić information content (AvgIpc) is 2.77. The molecule has 1 aliphatic heterocycles. The lowest BCUT2D eigenvalue weighted by molar-refractivity contribution is 0.346. The SMILES string of the molecule is CN(CCN1CCCC1)c1c(F)cc(N)cc1F. The molecule has 0 radical (unpaired) electrons. The second-order valence-electron chi connectivity index (χ2n) is 4.80. The van der Waals surface area contributed by atoms with Crippen LogP contribution in [0.15, 0.2) is 12.1 Å². The molecular formula is C13H19F2N3. The van der Waals surface area contributed by atoms with E-state index in [0.717, 1.165) is 31.8 Å². The monoisotopic (exact) mass is 255 g/mol. The lowest BCUT2D eigenvalue weighted by Crippen LogP contribution is -2.32. The largest absolute Gasteiger partial charge is 0.399 e. The number of rotatable bonds is 4. The molecular weight excluding hydrogens is 236 g/mol. The van der Waals surface area contributed by atoms with Crippen LogP contribution < -0.4 is 10.6 Å². The maximum Gasteiger partial charge on any atom is 0.151 e. The van der Waals surface area contributed by atoms with E-state index in [4.69, 9.17) is 5.73 Å². The van der Waals surface area contributed by atoms with E-state index in [-0.39, 0.29) is 11.4 Å². The molecule has 0 aliphatic carbocycles. The molecule has 1 heterocycles. The predicted octanol–water partition coefficient (Wildman–Crippen LogP) is 2.08. The fourth-order valence-corrected chi connectivity index (χ4v) is 2.36. The number of nitrogen functional groups attached to an aromatic ring is 1. The Labute approximate surface area is 106 Å². The molecule has 1 fully saturated rings. The Morgan fingerprint density at radius 1 is 1.22 bits per heavy atom. The molecule has 2 N–H and O–H groups in total. The van der Waals surface area contributed by atoms with E-state index >= 15 is 0 Å². The van der Waals surface area contributed by atoms with Crippen LogP contribution in [0.4, 0.5) is 20.2 Å². The summed E-state index contributed by atoms with van der Waals surface area (Å²) in [6.45, 7) is 3.61. The van der Waals surface area contributed by atoms with E-state index in [0.29, 0.717) is 6.54 Å². The molecule has 0 spiro atoms. The van der Waals surface area contributed by atoms with Gasteiger partial charge in [0.2, 0.25) is 0 Å². The minimum absolute atomic E-state index is 0.00315. The Morgan fingerprint density at radius 3 is 2.33 bits per heavy atom. The van der Waals surface area contributed by atoms with Gasteiger partial charge in [-0.05, 0) is 38.1 Å². The van der Waals surface area contributed by atoms with E-state index in [2.05, 4.69) is 4.90 Å². The molecule has 0 amide bonds. The summed E-state index contributed by atoms with van der Waals surface area (Å²) in [5.41, 5.74) is 5.51. The first-order valence-electron chi connectivity index (χ1n) is 6.26. The summed E-state index contributed by atoms with van der Waals surface area (Å²) in [7, 11) is 1.70. The molecule has 1 aliphatic rings. The summed E-state index contributed by atoms with van der Waals surface area (Å²) in [5, 5.41) is 0. The van der Waals surface area contributed by atoms with Crippen LogP contribution in [-0.2, 0) is 0 Å². The number of nitrogens with zero attached hydrogens (tertiary/aromatic N) is 2. The van der Waals surface area contributed by atoms with Gasteiger partial charge >= 0.3 is 0 Å². The number of hydrogen-bond donors (Lipinski definition) is 1. The molecule has 18 heavy (non-hydrogen) atoms. The fourth-order valence-electron chi connectivity index (χ4n) is 2.36. The van der Waals surface area contributed by atoms with Crippen molar-refractivity contribution < 1.29 is 8.78 Å². The third-order valence-electron chi connectivity index (χ3n) is 3.37. The zero-order valence-corrected chi connectivity index (χ0v) is 10.6. The standard InChI is InChI=1S/C13H19F2N3/c1-17(6-7-18-4-2-3-5-18)13-11(14)8-10(16)9-12(13)15/h8-9H,2-7,16H2,1H3. The van der Waals surface area contributed by atoms with E-state index in [1.54, 1.807) is 11.9 Å². The quantitative estimate of drug-likeness (QED) is 0.836. The topological polar surface area (TPSA) is 32.5 Å². The van der Waals surface area contributed by atoms with Crippen molar-refractivity contribution in [3.05, 3.63) is 23.8 Å². The molecule has 2 rings (SSSR count). The van der Waals surface area contributed by atoms with Gasteiger partial charge in [0.15, 0.2) is 11.6 Å². The molecule has 5 heteroatoms. The van der Waals surface area contributed by atoms with Crippen LogP contribution >= 0.6 is 0 Å². The lowest BCUT2D eigenvalue weighted by atomic mass is 10.2. The van der Waals surface area contributed by atoms with E-state index < -0.39 is 11.6 Å². The van der Waals surface area contributed by atoms with E-state index in [9.17, 15) is 8.78 Å². The number of likely N-dealkylation sites (tertiary alicyclic amines) is 1. The number of hydrogen-bond acceptors (Lipinski definition) is 3. The van der Waals surface area contributed by atoms with Gasteiger partial charge < -0.3 is 15.5 Å². The number of benzene rings is 1. The lowest BCUT2D eigenvalue weighted by Gasteiger charge is -2.24. The molecule has 0 bridgehead atoms. The van der Waals surface area contributed by atoms with Gasteiger partial charge in [0, 0.05) is 25.8 Å². The van der Waals surface area contributed by atoms with Gasteiger partial charge in [-0.25, -0.2) is 8.78 Å². The molecule has 1 saturated heterocycles. The summed E-state index contributed by atoms with van der Waals surface area (Å²) in [6.07, 6.45) is 2.43. The minimum atomic E-state index is -0.601. The zero-order chi connectivity index (χ0) is 13.1. The van der Waals surface area contributed by atoms with Gasteiger partial charge in [-0.15, -0.1) is 0 Å². The van der Waals surface area contributed by atoms with Crippen LogP contribution in [-0.4, -0.2) is 38.1 Å². The van der Waals surface area contributed by atoms with Crippen molar-refractivity contribution in [1.29, 1.82) is 0 Å². The van der Waals surface area contributed by atoms with Crippen molar-refractivity contribution in [2.45, 2.75) is 12.8 Å². The highest BCUT2D eigenvalue weighted by Crippen LogP contribution is 2.25. The van der Waals surface area contributed by atoms with Crippen molar-refractivity contribution >= 4 is 11.4 Å². The second kappa shape index (κ2) is 5.52. The highest BCUT2D eigenvalue weighted by molar-refractivity contribution is 5.55. The first kappa shape index (κ1) is 13.1. The fraction of sp³-hybridized carbons (Fsp3) is 0.538. The number of halogens is 2. The molecule has 0 aromatic heterocycles. The maximum atomic E-state index is 13.7. The van der Waals surface area contributed by atoms with Crippen LogP contribution in [0.1, 0.15) is 12.8 Å². The predicted molar refractivity (Wildman–Crippen MR) is 69.7 cm³/mol. The minimum Gasteiger partial charge on any atom is -0.399 e. The molecule has 0 atom stereocenters. The molecule has 3 nitrogen and oxygen atoms in total. The normalized spacial score (nSPS) is 16.2. The maximum absolute atomic E-state index is 13.7. The highest BCUT2D eigenvalue weighted by Gasteiger charge is 2.17. The van der Waals surface area contributed by atoms with Crippen molar-refractivity contribution in [2.75, 3.05) is 43.9 Å². The van der Waals surface area contributed by atoms with Gasteiger partial charge in [0.1, 0.15) is 5.69 Å². The van der Waals surface area contributed by atoms with E-state index in [1.807, 2.05) is 0 Å². The molecule has 0 unspecified atom stereocenters. The second-order valence-corrected chi connectivity index (χ2v) is 4.80. The Bertz CT molecular complexity index is 394. The highest BCUT2D eigenvalue weighted by atomic mass is 19.1. The van der Waals surface area contributed by atoms with Crippen LogP contribution in [0.3, 0.4) is 0 Å². The molecule has 1 aromatic rings. The summed E-state index contributed by atoms with van der Waals surface area (Å²) in [4.78, 5) is 3.92. The summed E-state index contributed by atoms with van der Waals surface area (Å²) in [5.74, 6) is -1.20. The third-order valence-corrected chi connectivity index (χ3v) is 3.37. The molecule has 0 saturated carbocycles. The van der Waals surface area contributed by atoms with Gasteiger partial charge in [0.05, 0.1) is 0 Å². The third kappa shape index (κ3) is 2.90. The number of likely N-dealkylation sites (N-methyl/N-ethyl adjacent to an activating group) is 1. The van der Waals surface area contributed by atoms with Crippen molar-refractivity contribution in [2.24, 2.45) is 0 Å². The van der Waals surface area contributed by atoms with Crippen LogP contribution in [0.25, 0.3) is 0 Å². The first-order valence-corrected chi connectivity index (χ1v) is 6.26. The van der Waals surface area contributed by atoms with E-state index in [1.165, 1.54) is 12.8 Å². The van der Waals surface area contributed by atoms with Gasteiger partial charge in [-0.3, -0.25) is 0 Å². The van der Waals surface area contributed by atoms with Crippen molar-refractivity contribution in [3.63, 3.8) is 0 Å². The van der Waals surface area contributed by atoms with Crippen LogP contribution in [0.5, 0.6) is 0 Å². The Balaban J connectivity index is 2.01. The number of nitrogens with two attached hydrogens (primary N) is 1.